The van der Waals surface area contributed by atoms with E-state index in [0.717, 1.165) is 17.5 Å². The number of carbonyl (C=O) groups is 2. The summed E-state index contributed by atoms with van der Waals surface area (Å²) in [5.41, 5.74) is 2.60. The first-order chi connectivity index (χ1) is 8.74. The maximum atomic E-state index is 10.8. The van der Waals surface area contributed by atoms with Crippen molar-refractivity contribution in [2.45, 2.75) is 12.8 Å². The van der Waals surface area contributed by atoms with Crippen LogP contribution in [-0.4, -0.2) is 17.6 Å². The monoisotopic (exact) mass is 239 g/mol. The van der Waals surface area contributed by atoms with Crippen molar-refractivity contribution >= 4 is 12.6 Å². The molecule has 1 atom stereocenters. The van der Waals surface area contributed by atoms with Gasteiger partial charge in [-0.05, 0) is 17.7 Å². The molecule has 1 aromatic carbocycles. The number of benzene rings is 1. The Morgan fingerprint density at radius 1 is 1.06 bits per heavy atom. The lowest BCUT2D eigenvalue weighted by Crippen LogP contribution is -2.03. The van der Waals surface area contributed by atoms with Gasteiger partial charge in [-0.2, -0.15) is 0 Å². The third-order valence-corrected chi connectivity index (χ3v) is 2.89. The molecule has 1 unspecified atom stereocenters. The second-order valence-corrected chi connectivity index (χ2v) is 4.12. The molecule has 2 aromatic rings. The summed E-state index contributed by atoms with van der Waals surface area (Å²) in [5.74, 6) is 0.0461. The first-order valence-corrected chi connectivity index (χ1v) is 5.72. The molecule has 90 valence electrons. The fourth-order valence-electron chi connectivity index (χ4n) is 1.86. The van der Waals surface area contributed by atoms with Crippen LogP contribution in [0.4, 0.5) is 0 Å². The molecular weight excluding hydrogens is 226 g/mol. The molecule has 1 heterocycles. The van der Waals surface area contributed by atoms with Crippen LogP contribution in [0, 0.1) is 0 Å². The average molecular weight is 239 g/mol. The number of pyridine rings is 1. The van der Waals surface area contributed by atoms with Crippen LogP contribution >= 0.6 is 0 Å². The molecule has 3 heteroatoms. The first-order valence-electron chi connectivity index (χ1n) is 5.72. The highest BCUT2D eigenvalue weighted by atomic mass is 16.1. The van der Waals surface area contributed by atoms with E-state index in [9.17, 15) is 9.59 Å². The van der Waals surface area contributed by atoms with Gasteiger partial charge in [-0.25, -0.2) is 4.98 Å². The van der Waals surface area contributed by atoms with Crippen molar-refractivity contribution in [2.24, 2.45) is 0 Å². The lowest BCUT2D eigenvalue weighted by Gasteiger charge is -2.12. The molecular formula is C15H13NO2. The lowest BCUT2D eigenvalue weighted by atomic mass is 9.96. The zero-order valence-corrected chi connectivity index (χ0v) is 10.0. The van der Waals surface area contributed by atoms with Crippen LogP contribution in [0.1, 0.15) is 44.9 Å². The maximum Gasteiger partial charge on any atom is 0.168 e. The van der Waals surface area contributed by atoms with Gasteiger partial charge < -0.3 is 0 Å². The van der Waals surface area contributed by atoms with Gasteiger partial charge in [0.15, 0.2) is 6.29 Å². The number of rotatable bonds is 4. The van der Waals surface area contributed by atoms with Gasteiger partial charge in [-0.1, -0.05) is 37.3 Å². The summed E-state index contributed by atoms with van der Waals surface area (Å²) in [6, 6.07) is 13.1. The summed E-state index contributed by atoms with van der Waals surface area (Å²) >= 11 is 0. The Labute approximate surface area is 105 Å². The predicted octanol–water partition coefficient (Wildman–Crippen LogP) is 2.86. The molecule has 0 aliphatic heterocycles. The molecule has 0 amide bonds. The Balaban J connectivity index is 2.44. The van der Waals surface area contributed by atoms with E-state index in [2.05, 4.69) is 4.98 Å². The van der Waals surface area contributed by atoms with Crippen LogP contribution in [0.5, 0.6) is 0 Å². The van der Waals surface area contributed by atoms with Crippen molar-refractivity contribution < 1.29 is 9.59 Å². The van der Waals surface area contributed by atoms with E-state index in [-0.39, 0.29) is 11.6 Å². The SMILES string of the molecule is CC(c1ccccc1)c1cc(C=O)cc(C=O)n1. The Bertz CT molecular complexity index is 538. The summed E-state index contributed by atoms with van der Waals surface area (Å²) in [4.78, 5) is 25.9. The van der Waals surface area contributed by atoms with Crippen molar-refractivity contribution in [1.29, 1.82) is 0 Å². The summed E-state index contributed by atoms with van der Waals surface area (Å²) in [6.07, 6.45) is 1.39. The predicted molar refractivity (Wildman–Crippen MR) is 69.0 cm³/mol. The molecule has 18 heavy (non-hydrogen) atoms. The van der Waals surface area contributed by atoms with Gasteiger partial charge >= 0.3 is 0 Å². The van der Waals surface area contributed by atoms with Gasteiger partial charge in [0.05, 0.1) is 0 Å². The highest BCUT2D eigenvalue weighted by molar-refractivity contribution is 5.80. The number of hydrogen-bond acceptors (Lipinski definition) is 3. The van der Waals surface area contributed by atoms with Crippen LogP contribution in [0.25, 0.3) is 0 Å². The van der Waals surface area contributed by atoms with Gasteiger partial charge in [-0.15, -0.1) is 0 Å². The molecule has 3 nitrogen and oxygen atoms in total. The van der Waals surface area contributed by atoms with Crippen LogP contribution in [0.3, 0.4) is 0 Å². The van der Waals surface area contributed by atoms with Crippen molar-refractivity contribution in [2.75, 3.05) is 0 Å². The van der Waals surface area contributed by atoms with Gasteiger partial charge in [0.1, 0.15) is 12.0 Å². The Hall–Kier alpha value is -2.29. The van der Waals surface area contributed by atoms with Gasteiger partial charge in [-0.3, -0.25) is 9.59 Å². The minimum atomic E-state index is 0.0461. The summed E-state index contributed by atoms with van der Waals surface area (Å²) in [6.45, 7) is 2.00. The highest BCUT2D eigenvalue weighted by Gasteiger charge is 2.11. The molecule has 1 aromatic heterocycles. The second kappa shape index (κ2) is 5.36. The zero-order chi connectivity index (χ0) is 13.0. The smallest absolute Gasteiger partial charge is 0.168 e. The average Bonchev–Trinajstić information content (AvgIpc) is 2.46. The zero-order valence-electron chi connectivity index (χ0n) is 10.0. The minimum Gasteiger partial charge on any atom is -0.298 e. The molecule has 2 rings (SSSR count). The van der Waals surface area contributed by atoms with Crippen LogP contribution in [-0.2, 0) is 0 Å². The van der Waals surface area contributed by atoms with Crippen molar-refractivity contribution in [3.63, 3.8) is 0 Å². The summed E-state index contributed by atoms with van der Waals surface area (Å²) < 4.78 is 0. The minimum absolute atomic E-state index is 0.0461. The van der Waals surface area contributed by atoms with Crippen LogP contribution in [0.2, 0.25) is 0 Å². The molecule has 0 saturated heterocycles. The molecule has 0 aliphatic rings. The number of aromatic nitrogens is 1. The molecule has 0 bridgehead atoms. The molecule has 0 fully saturated rings. The van der Waals surface area contributed by atoms with Gasteiger partial charge in [0.2, 0.25) is 0 Å². The Morgan fingerprint density at radius 2 is 1.78 bits per heavy atom. The summed E-state index contributed by atoms with van der Waals surface area (Å²) in [7, 11) is 0. The van der Waals surface area contributed by atoms with Crippen LogP contribution in [0.15, 0.2) is 42.5 Å². The van der Waals surface area contributed by atoms with E-state index in [1.54, 1.807) is 6.07 Å². The van der Waals surface area contributed by atoms with E-state index in [1.165, 1.54) is 6.07 Å². The van der Waals surface area contributed by atoms with Crippen LogP contribution < -0.4 is 0 Å². The van der Waals surface area contributed by atoms with Crippen molar-refractivity contribution in [3.05, 3.63) is 65.0 Å². The number of aldehydes is 2. The largest absolute Gasteiger partial charge is 0.298 e. The molecule has 0 saturated carbocycles. The number of nitrogens with zero attached hydrogens (tertiary/aromatic N) is 1. The molecule has 0 aliphatic carbocycles. The molecule has 0 radical (unpaired) electrons. The third-order valence-electron chi connectivity index (χ3n) is 2.89. The van der Waals surface area contributed by atoms with E-state index in [0.29, 0.717) is 11.8 Å². The van der Waals surface area contributed by atoms with E-state index in [4.69, 9.17) is 0 Å². The highest BCUT2D eigenvalue weighted by Crippen LogP contribution is 2.22. The second-order valence-electron chi connectivity index (χ2n) is 4.12. The lowest BCUT2D eigenvalue weighted by molar-refractivity contribution is 0.111. The van der Waals surface area contributed by atoms with Gasteiger partial charge in [0.25, 0.3) is 0 Å². The quantitative estimate of drug-likeness (QED) is 0.771. The van der Waals surface area contributed by atoms with Gasteiger partial charge in [0, 0.05) is 17.2 Å². The third kappa shape index (κ3) is 2.51. The summed E-state index contributed by atoms with van der Waals surface area (Å²) in [5, 5.41) is 0. The normalized spacial score (nSPS) is 11.8. The van der Waals surface area contributed by atoms with Crippen molar-refractivity contribution in [3.8, 4) is 0 Å². The fourth-order valence-corrected chi connectivity index (χ4v) is 1.86. The maximum absolute atomic E-state index is 10.8. The number of carbonyl (C=O) groups excluding carboxylic acids is 2. The Morgan fingerprint density at radius 3 is 2.39 bits per heavy atom. The Kier molecular flexibility index (Phi) is 3.63. The van der Waals surface area contributed by atoms with E-state index in [1.807, 2.05) is 37.3 Å². The topological polar surface area (TPSA) is 47.0 Å². The van der Waals surface area contributed by atoms with E-state index < -0.39 is 0 Å². The standard InChI is InChI=1S/C15H13NO2/c1-11(13-5-3-2-4-6-13)15-8-12(9-17)7-14(10-18)16-15/h2-11H,1H3. The fraction of sp³-hybridized carbons (Fsp3) is 0.133. The molecule has 0 N–H and O–H groups in total. The number of hydrogen-bond donors (Lipinski definition) is 0. The molecule has 0 spiro atoms. The van der Waals surface area contributed by atoms with E-state index >= 15 is 0 Å². The van der Waals surface area contributed by atoms with Crippen molar-refractivity contribution in [1.82, 2.24) is 4.98 Å². The first kappa shape index (κ1) is 12.2.